The number of nitrogens with two attached hydrogens (primary N) is 1. The molecule has 2 aromatic carbocycles. The Morgan fingerprint density at radius 1 is 0.615 bits per heavy atom. The lowest BCUT2D eigenvalue weighted by Gasteiger charge is -2.28. The van der Waals surface area contributed by atoms with Crippen molar-refractivity contribution < 1.29 is 23.9 Å². The van der Waals surface area contributed by atoms with Gasteiger partial charge in [-0.15, -0.1) is 0 Å². The Bertz CT molecular complexity index is 1110. The van der Waals surface area contributed by atoms with Gasteiger partial charge < -0.3 is 21.1 Å². The Labute approximate surface area is 228 Å². The summed E-state index contributed by atoms with van der Waals surface area (Å²) in [4.78, 5) is 52.0. The normalized spacial score (nSPS) is 18.9. The first-order chi connectivity index (χ1) is 19.0. The Hall–Kier alpha value is -3.48. The van der Waals surface area contributed by atoms with E-state index in [2.05, 4.69) is 25.2 Å². The molecule has 4 heterocycles. The van der Waals surface area contributed by atoms with E-state index in [1.807, 2.05) is 0 Å². The molecule has 11 nitrogen and oxygen atoms in total. The van der Waals surface area contributed by atoms with Crippen molar-refractivity contribution in [3.05, 3.63) is 70.8 Å². The number of ether oxygens (including phenoxy) is 1. The highest BCUT2D eigenvalue weighted by Crippen LogP contribution is 2.22. The largest absolute Gasteiger partial charge is 0.386 e. The van der Waals surface area contributed by atoms with Gasteiger partial charge in [0.1, 0.15) is 0 Å². The van der Waals surface area contributed by atoms with Crippen LogP contribution < -0.4 is 16.4 Å². The number of hydrogen-bond acceptors (Lipinski definition) is 10. The molecule has 208 valence electrons. The van der Waals surface area contributed by atoms with Crippen molar-refractivity contribution in [2.24, 2.45) is 5.73 Å². The second kappa shape index (κ2) is 14.1. The quantitative estimate of drug-likeness (QED) is 0.273. The number of carbonyl (C=O) groups is 4. The highest BCUT2D eigenvalue weighted by atomic mass is 16.6. The number of esters is 2. The molecule has 0 radical (unpaired) electrons. The molecule has 0 atom stereocenters. The van der Waals surface area contributed by atoms with Crippen LogP contribution in [0.15, 0.2) is 48.5 Å². The number of nitrogens with one attached hydrogen (secondary N) is 2. The molecule has 0 aliphatic carbocycles. The molecule has 2 saturated heterocycles. The van der Waals surface area contributed by atoms with Gasteiger partial charge in [-0.3, -0.25) is 24.3 Å². The lowest BCUT2D eigenvalue weighted by Crippen LogP contribution is -2.47. The van der Waals surface area contributed by atoms with E-state index in [9.17, 15) is 19.2 Å². The molecule has 4 aliphatic heterocycles. The van der Waals surface area contributed by atoms with Crippen LogP contribution in [-0.4, -0.2) is 117 Å². The third kappa shape index (κ3) is 7.34. The highest BCUT2D eigenvalue weighted by molar-refractivity contribution is 6.21. The van der Waals surface area contributed by atoms with Gasteiger partial charge >= 0.3 is 11.9 Å². The molecule has 2 amide bonds. The average Bonchev–Trinajstić information content (AvgIpc) is 3.41. The van der Waals surface area contributed by atoms with Crippen molar-refractivity contribution in [2.75, 3.05) is 78.5 Å². The van der Waals surface area contributed by atoms with Crippen LogP contribution >= 0.6 is 0 Å². The van der Waals surface area contributed by atoms with Crippen LogP contribution in [0.4, 0.5) is 0 Å². The zero-order valence-electron chi connectivity index (χ0n) is 22.1. The number of carbonyl (C=O) groups excluding carboxylic acids is 4. The number of nitrogens with zero attached hydrogens (tertiary/aromatic N) is 3. The molecule has 0 aromatic heterocycles. The summed E-state index contributed by atoms with van der Waals surface area (Å²) in [6, 6.07) is 13.6. The van der Waals surface area contributed by atoms with E-state index >= 15 is 0 Å². The fourth-order valence-electron chi connectivity index (χ4n) is 4.77. The Morgan fingerprint density at radius 2 is 1.03 bits per heavy atom. The zero-order chi connectivity index (χ0) is 27.6. The summed E-state index contributed by atoms with van der Waals surface area (Å²) in [5, 5.41) is 6.58. The number of rotatable bonds is 5. The van der Waals surface area contributed by atoms with Crippen LogP contribution in [0, 0.1) is 0 Å². The Kier molecular flexibility index (Phi) is 10.3. The maximum Gasteiger partial charge on any atom is 0.346 e. The van der Waals surface area contributed by atoms with E-state index in [-0.39, 0.29) is 11.8 Å². The second-order valence-corrected chi connectivity index (χ2v) is 9.50. The van der Waals surface area contributed by atoms with Crippen LogP contribution in [0.5, 0.6) is 0 Å². The number of cyclic esters (lactones) is 2. The third-order valence-electron chi connectivity index (χ3n) is 6.93. The van der Waals surface area contributed by atoms with Gasteiger partial charge in [0.25, 0.3) is 11.8 Å². The van der Waals surface area contributed by atoms with Crippen LogP contribution in [0.2, 0.25) is 0 Å². The van der Waals surface area contributed by atoms with Crippen molar-refractivity contribution >= 4 is 23.8 Å². The first-order valence-electron chi connectivity index (χ1n) is 13.4. The van der Waals surface area contributed by atoms with Crippen molar-refractivity contribution in [1.29, 1.82) is 0 Å². The van der Waals surface area contributed by atoms with E-state index in [1.165, 1.54) is 4.90 Å². The van der Waals surface area contributed by atoms with Gasteiger partial charge in [0, 0.05) is 78.5 Å². The lowest BCUT2D eigenvalue weighted by molar-refractivity contribution is 0.0442. The molecule has 11 heteroatoms. The number of imide groups is 1. The summed E-state index contributed by atoms with van der Waals surface area (Å²) in [5.74, 6) is -1.41. The predicted molar refractivity (Wildman–Crippen MR) is 146 cm³/mol. The fourth-order valence-corrected chi connectivity index (χ4v) is 4.77. The smallest absolute Gasteiger partial charge is 0.346 e. The number of hydrogen-bond donors (Lipinski definition) is 3. The molecule has 4 aliphatic rings. The lowest BCUT2D eigenvalue weighted by atomic mass is 10.1. The van der Waals surface area contributed by atoms with E-state index in [0.29, 0.717) is 28.8 Å². The van der Waals surface area contributed by atoms with Gasteiger partial charge in [-0.05, 0) is 24.3 Å². The molecule has 2 fully saturated rings. The SMILES string of the molecule is NCCN1CCNCC1.O=C1OC(=O)c2ccccc21.O=C1c2ccccc2C(=O)N1CCN1CCNCC1. The maximum atomic E-state index is 12.2. The summed E-state index contributed by atoms with van der Waals surface area (Å²) in [6.45, 7) is 11.6. The summed E-state index contributed by atoms with van der Waals surface area (Å²) in [6.07, 6.45) is 0. The van der Waals surface area contributed by atoms with Gasteiger partial charge in [0.15, 0.2) is 0 Å². The van der Waals surface area contributed by atoms with Gasteiger partial charge in [0.2, 0.25) is 0 Å². The first kappa shape index (κ1) is 28.5. The topological polar surface area (TPSA) is 137 Å². The minimum atomic E-state index is -0.550. The van der Waals surface area contributed by atoms with Crippen molar-refractivity contribution in [3.8, 4) is 0 Å². The number of fused-ring (bicyclic) bond motifs is 2. The zero-order valence-corrected chi connectivity index (χ0v) is 22.1. The van der Waals surface area contributed by atoms with Crippen LogP contribution in [-0.2, 0) is 4.74 Å². The van der Waals surface area contributed by atoms with Gasteiger partial charge in [-0.25, -0.2) is 9.59 Å². The first-order valence-corrected chi connectivity index (χ1v) is 13.4. The minimum Gasteiger partial charge on any atom is -0.386 e. The Morgan fingerprint density at radius 3 is 1.46 bits per heavy atom. The van der Waals surface area contributed by atoms with Crippen LogP contribution in [0.1, 0.15) is 41.4 Å². The Balaban J connectivity index is 0.000000149. The minimum absolute atomic E-state index is 0.157. The summed E-state index contributed by atoms with van der Waals surface area (Å²) in [7, 11) is 0. The summed E-state index contributed by atoms with van der Waals surface area (Å²) < 4.78 is 4.35. The van der Waals surface area contributed by atoms with E-state index in [4.69, 9.17) is 5.73 Å². The third-order valence-corrected chi connectivity index (χ3v) is 6.93. The number of piperazine rings is 2. The molecule has 0 spiro atoms. The standard InChI is InChI=1S/C14H17N3O2.C8H4O3.C6H15N3/c18-13-11-3-1-2-4-12(11)14(19)17(13)10-9-16-7-5-15-6-8-16;9-7-5-3-1-2-4-6(5)8(10)11-7;7-1-4-9-5-2-8-3-6-9/h1-4,15H,5-10H2;1-4H;8H,1-7H2. The highest BCUT2D eigenvalue weighted by Gasteiger charge is 2.35. The van der Waals surface area contributed by atoms with Gasteiger partial charge in [-0.2, -0.15) is 0 Å². The molecular weight excluding hydrogens is 500 g/mol. The monoisotopic (exact) mass is 536 g/mol. The van der Waals surface area contributed by atoms with Crippen LogP contribution in [0.3, 0.4) is 0 Å². The number of amides is 2. The van der Waals surface area contributed by atoms with Crippen molar-refractivity contribution in [3.63, 3.8) is 0 Å². The predicted octanol–water partition coefficient (Wildman–Crippen LogP) is 0.0353. The van der Waals surface area contributed by atoms with Crippen molar-refractivity contribution in [2.45, 2.75) is 0 Å². The average molecular weight is 537 g/mol. The molecule has 39 heavy (non-hydrogen) atoms. The molecule has 6 rings (SSSR count). The van der Waals surface area contributed by atoms with E-state index < -0.39 is 11.9 Å². The van der Waals surface area contributed by atoms with Crippen LogP contribution in [0.25, 0.3) is 0 Å². The van der Waals surface area contributed by atoms with Crippen molar-refractivity contribution in [1.82, 2.24) is 25.3 Å². The molecular formula is C28H36N6O5. The van der Waals surface area contributed by atoms with Gasteiger partial charge in [-0.1, -0.05) is 24.3 Å². The summed E-state index contributed by atoms with van der Waals surface area (Å²) >= 11 is 0. The van der Waals surface area contributed by atoms with E-state index in [0.717, 1.165) is 72.0 Å². The van der Waals surface area contributed by atoms with E-state index in [1.54, 1.807) is 48.5 Å². The molecule has 4 N–H and O–H groups in total. The summed E-state index contributed by atoms with van der Waals surface area (Å²) in [5.41, 5.74) is 7.18. The molecule has 0 unspecified atom stereocenters. The van der Waals surface area contributed by atoms with Gasteiger partial charge in [0.05, 0.1) is 22.3 Å². The fraction of sp³-hybridized carbons (Fsp3) is 0.429. The molecule has 0 saturated carbocycles. The maximum absolute atomic E-state index is 12.2. The number of benzene rings is 2. The molecule has 0 bridgehead atoms. The molecule has 2 aromatic rings. The second-order valence-electron chi connectivity index (χ2n) is 9.50.